The van der Waals surface area contributed by atoms with Crippen LogP contribution in [0, 0.1) is 6.92 Å². The minimum absolute atomic E-state index is 0.294. The molecule has 0 aliphatic heterocycles. The third-order valence-electron chi connectivity index (χ3n) is 2.43. The van der Waals surface area contributed by atoms with Crippen LogP contribution < -0.4 is 0 Å². The highest BCUT2D eigenvalue weighted by molar-refractivity contribution is 5.88. The summed E-state index contributed by atoms with van der Waals surface area (Å²) in [4.78, 5) is 10.7. The summed E-state index contributed by atoms with van der Waals surface area (Å²) < 4.78 is 1.78. The molecular weight excluding hydrogens is 204 g/mol. The third-order valence-corrected chi connectivity index (χ3v) is 2.43. The van der Waals surface area contributed by atoms with Crippen molar-refractivity contribution in [3.8, 4) is 11.3 Å². The van der Waals surface area contributed by atoms with Crippen molar-refractivity contribution < 1.29 is 9.90 Å². The van der Waals surface area contributed by atoms with Gasteiger partial charge in [0.1, 0.15) is 0 Å². The van der Waals surface area contributed by atoms with E-state index in [1.54, 1.807) is 28.9 Å². The Balaban J connectivity index is 2.42. The zero-order chi connectivity index (χ0) is 11.7. The smallest absolute Gasteiger partial charge is 0.335 e. The Hall–Kier alpha value is -2.10. The van der Waals surface area contributed by atoms with Crippen LogP contribution in [0.4, 0.5) is 0 Å². The van der Waals surface area contributed by atoms with Gasteiger partial charge in [0.05, 0.1) is 17.0 Å². The molecule has 1 heterocycles. The van der Waals surface area contributed by atoms with E-state index < -0.39 is 5.97 Å². The minimum atomic E-state index is -0.910. The molecule has 1 N–H and O–H groups in total. The van der Waals surface area contributed by atoms with Crippen LogP contribution in [0.1, 0.15) is 16.1 Å². The predicted octanol–water partition coefficient (Wildman–Crippen LogP) is 2.09. The zero-order valence-corrected chi connectivity index (χ0v) is 9.14. The van der Waals surface area contributed by atoms with Crippen LogP contribution in [0.5, 0.6) is 0 Å². The molecule has 0 saturated carbocycles. The van der Waals surface area contributed by atoms with Crippen molar-refractivity contribution in [2.75, 3.05) is 0 Å². The van der Waals surface area contributed by atoms with Crippen molar-refractivity contribution in [3.05, 3.63) is 41.6 Å². The Kier molecular flexibility index (Phi) is 2.48. The molecule has 0 aliphatic carbocycles. The van der Waals surface area contributed by atoms with Crippen LogP contribution in [-0.2, 0) is 7.05 Å². The molecular formula is C12H12N2O2. The largest absolute Gasteiger partial charge is 0.478 e. The van der Waals surface area contributed by atoms with Gasteiger partial charge in [-0.05, 0) is 30.7 Å². The van der Waals surface area contributed by atoms with Gasteiger partial charge in [0.15, 0.2) is 0 Å². The van der Waals surface area contributed by atoms with Gasteiger partial charge in [0.2, 0.25) is 0 Å². The average Bonchev–Trinajstić information content (AvgIpc) is 2.58. The van der Waals surface area contributed by atoms with E-state index >= 15 is 0 Å². The molecule has 0 amide bonds. The second-order valence-corrected chi connectivity index (χ2v) is 3.68. The van der Waals surface area contributed by atoms with Crippen molar-refractivity contribution in [2.24, 2.45) is 7.05 Å². The SMILES string of the molecule is Cc1cc(-c2ccc(C(=O)O)cc2)n(C)n1. The molecule has 0 aliphatic rings. The van der Waals surface area contributed by atoms with Crippen molar-refractivity contribution >= 4 is 5.97 Å². The van der Waals surface area contributed by atoms with Crippen LogP contribution >= 0.6 is 0 Å². The Morgan fingerprint density at radius 1 is 1.31 bits per heavy atom. The molecule has 0 bridgehead atoms. The summed E-state index contributed by atoms with van der Waals surface area (Å²) in [5.74, 6) is -0.910. The Morgan fingerprint density at radius 3 is 2.38 bits per heavy atom. The summed E-state index contributed by atoms with van der Waals surface area (Å²) in [5, 5.41) is 13.0. The monoisotopic (exact) mass is 216 g/mol. The fourth-order valence-corrected chi connectivity index (χ4v) is 1.66. The van der Waals surface area contributed by atoms with Crippen molar-refractivity contribution in [1.82, 2.24) is 9.78 Å². The molecule has 4 heteroatoms. The highest BCUT2D eigenvalue weighted by Gasteiger charge is 2.06. The number of hydrogen-bond donors (Lipinski definition) is 1. The van der Waals surface area contributed by atoms with Gasteiger partial charge in [-0.15, -0.1) is 0 Å². The van der Waals surface area contributed by atoms with E-state index in [0.717, 1.165) is 17.0 Å². The number of hydrogen-bond acceptors (Lipinski definition) is 2. The quantitative estimate of drug-likeness (QED) is 0.836. The Morgan fingerprint density at radius 2 is 1.94 bits per heavy atom. The number of carboxylic acid groups (broad SMARTS) is 1. The standard InChI is InChI=1S/C12H12N2O2/c1-8-7-11(14(2)13-8)9-3-5-10(6-4-9)12(15)16/h3-7H,1-2H3,(H,15,16). The Bertz CT molecular complexity index is 526. The molecule has 0 spiro atoms. The topological polar surface area (TPSA) is 55.1 Å². The molecule has 0 saturated heterocycles. The molecule has 82 valence electrons. The van der Waals surface area contributed by atoms with Gasteiger partial charge in [-0.2, -0.15) is 5.10 Å². The maximum Gasteiger partial charge on any atom is 0.335 e. The fraction of sp³-hybridized carbons (Fsp3) is 0.167. The number of carbonyl (C=O) groups is 1. The van der Waals surface area contributed by atoms with Crippen LogP contribution in [0.15, 0.2) is 30.3 Å². The normalized spacial score (nSPS) is 10.4. The van der Waals surface area contributed by atoms with Crippen molar-refractivity contribution in [2.45, 2.75) is 6.92 Å². The maximum atomic E-state index is 10.7. The number of aromatic nitrogens is 2. The van der Waals surface area contributed by atoms with Gasteiger partial charge in [0.25, 0.3) is 0 Å². The zero-order valence-electron chi connectivity index (χ0n) is 9.14. The van der Waals surface area contributed by atoms with E-state index in [4.69, 9.17) is 5.11 Å². The Labute approximate surface area is 93.1 Å². The minimum Gasteiger partial charge on any atom is -0.478 e. The van der Waals surface area contributed by atoms with Crippen molar-refractivity contribution in [3.63, 3.8) is 0 Å². The summed E-state index contributed by atoms with van der Waals surface area (Å²) >= 11 is 0. The molecule has 0 fully saturated rings. The highest BCUT2D eigenvalue weighted by Crippen LogP contribution is 2.20. The molecule has 0 radical (unpaired) electrons. The number of nitrogens with zero attached hydrogens (tertiary/aromatic N) is 2. The first kappa shape index (κ1) is 10.4. The van der Waals surface area contributed by atoms with E-state index in [2.05, 4.69) is 5.10 Å². The lowest BCUT2D eigenvalue weighted by molar-refractivity contribution is 0.0697. The lowest BCUT2D eigenvalue weighted by Gasteiger charge is -2.02. The lowest BCUT2D eigenvalue weighted by Crippen LogP contribution is -1.97. The summed E-state index contributed by atoms with van der Waals surface area (Å²) in [7, 11) is 1.87. The average molecular weight is 216 g/mol. The molecule has 1 aromatic heterocycles. The molecule has 4 nitrogen and oxygen atoms in total. The van der Waals surface area contributed by atoms with Crippen LogP contribution in [0.2, 0.25) is 0 Å². The summed E-state index contributed by atoms with van der Waals surface area (Å²) in [5.41, 5.74) is 3.19. The fourth-order valence-electron chi connectivity index (χ4n) is 1.66. The van der Waals surface area contributed by atoms with Gasteiger partial charge in [-0.1, -0.05) is 12.1 Å². The predicted molar refractivity (Wildman–Crippen MR) is 60.3 cm³/mol. The summed E-state index contributed by atoms with van der Waals surface area (Å²) in [6.45, 7) is 1.93. The first-order valence-electron chi connectivity index (χ1n) is 4.92. The third kappa shape index (κ3) is 1.82. The molecule has 0 atom stereocenters. The second-order valence-electron chi connectivity index (χ2n) is 3.68. The first-order chi connectivity index (χ1) is 7.58. The number of aryl methyl sites for hydroxylation is 2. The van der Waals surface area contributed by atoms with Gasteiger partial charge >= 0.3 is 5.97 Å². The molecule has 0 unspecified atom stereocenters. The number of rotatable bonds is 2. The molecule has 2 aromatic rings. The van der Waals surface area contributed by atoms with Gasteiger partial charge < -0.3 is 5.11 Å². The van der Waals surface area contributed by atoms with Crippen LogP contribution in [0.25, 0.3) is 11.3 Å². The van der Waals surface area contributed by atoms with Gasteiger partial charge in [-0.3, -0.25) is 4.68 Å². The van der Waals surface area contributed by atoms with E-state index in [1.807, 2.05) is 20.0 Å². The number of aromatic carboxylic acids is 1. The van der Waals surface area contributed by atoms with E-state index in [9.17, 15) is 4.79 Å². The lowest BCUT2D eigenvalue weighted by atomic mass is 10.1. The molecule has 1 aromatic carbocycles. The number of carboxylic acids is 1. The van der Waals surface area contributed by atoms with Gasteiger partial charge in [0, 0.05) is 7.05 Å². The second kappa shape index (κ2) is 3.81. The van der Waals surface area contributed by atoms with E-state index in [0.29, 0.717) is 5.56 Å². The number of benzene rings is 1. The van der Waals surface area contributed by atoms with E-state index in [-0.39, 0.29) is 0 Å². The van der Waals surface area contributed by atoms with Crippen LogP contribution in [0.3, 0.4) is 0 Å². The van der Waals surface area contributed by atoms with Gasteiger partial charge in [-0.25, -0.2) is 4.79 Å². The molecule has 2 rings (SSSR count). The van der Waals surface area contributed by atoms with Crippen molar-refractivity contribution in [1.29, 1.82) is 0 Å². The first-order valence-corrected chi connectivity index (χ1v) is 4.92. The van der Waals surface area contributed by atoms with Crippen LogP contribution in [-0.4, -0.2) is 20.9 Å². The molecule has 16 heavy (non-hydrogen) atoms. The maximum absolute atomic E-state index is 10.7. The summed E-state index contributed by atoms with van der Waals surface area (Å²) in [6.07, 6.45) is 0. The highest BCUT2D eigenvalue weighted by atomic mass is 16.4. The summed E-state index contributed by atoms with van der Waals surface area (Å²) in [6, 6.07) is 8.75. The van der Waals surface area contributed by atoms with E-state index in [1.165, 1.54) is 0 Å².